The number of carbonyl (C=O) groups excluding carboxylic acids is 1. The van der Waals surface area contributed by atoms with E-state index in [1.54, 1.807) is 13.8 Å². The fourth-order valence-electron chi connectivity index (χ4n) is 7.49. The van der Waals surface area contributed by atoms with Gasteiger partial charge in [-0.2, -0.15) is 24.3 Å². The van der Waals surface area contributed by atoms with Gasteiger partial charge in [0.15, 0.2) is 22.9 Å². The van der Waals surface area contributed by atoms with E-state index in [0.29, 0.717) is 46.5 Å². The molecule has 2 unspecified atom stereocenters. The zero-order chi connectivity index (χ0) is 42.8. The van der Waals surface area contributed by atoms with Crippen molar-refractivity contribution in [1.29, 1.82) is 0 Å². The molecule has 1 aliphatic carbocycles. The lowest BCUT2D eigenvalue weighted by Gasteiger charge is -2.25. The Morgan fingerprint density at radius 2 is 1.16 bits per heavy atom. The maximum atomic E-state index is 14.4. The molecule has 18 heteroatoms. The van der Waals surface area contributed by atoms with Crippen molar-refractivity contribution in [2.45, 2.75) is 169 Å². The summed E-state index contributed by atoms with van der Waals surface area (Å²) in [5.41, 5.74) is 0.753. The summed E-state index contributed by atoms with van der Waals surface area (Å²) in [6.07, 6.45) is 11.5. The van der Waals surface area contributed by atoms with Gasteiger partial charge < -0.3 is 5.11 Å². The van der Waals surface area contributed by atoms with Crippen LogP contribution in [0.15, 0.2) is 5.76 Å². The average Bonchev–Trinajstić information content (AvgIpc) is 3.89. The second-order valence-electron chi connectivity index (χ2n) is 17.9. The van der Waals surface area contributed by atoms with Crippen LogP contribution in [0.3, 0.4) is 0 Å². The first-order chi connectivity index (χ1) is 27.1. The first-order valence-corrected chi connectivity index (χ1v) is 24.2. The predicted molar refractivity (Wildman–Crippen MR) is 226 cm³/mol. The lowest BCUT2D eigenvalue weighted by molar-refractivity contribution is -0.109. The molecule has 16 nitrogen and oxygen atoms in total. The van der Waals surface area contributed by atoms with E-state index in [1.807, 2.05) is 41.5 Å². The molecule has 0 saturated heterocycles. The molecule has 0 spiro atoms. The molecular weight excluding hydrogens is 781 g/mol. The predicted octanol–water partition coefficient (Wildman–Crippen LogP) is 6.19. The number of H-pyrrole nitrogens is 1. The maximum Gasteiger partial charge on any atom is 0.212 e. The van der Waals surface area contributed by atoms with Crippen LogP contribution in [-0.2, 0) is 35.7 Å². The van der Waals surface area contributed by atoms with Gasteiger partial charge in [0.2, 0.25) is 25.8 Å². The number of sulfonamides is 2. The molecule has 4 N–H and O–H groups in total. The smallest absolute Gasteiger partial charge is 0.212 e. The standard InChI is InChI=1S/C40H64N10O6S2/c1-11-13-15-17-19-21-23-57(53,54)47-25(3)35-41-43-37-29(33(39(5,6)7)45-49(35)37)27-31(51)28(32(27)52)30-34(40(8,9)10)46-50-36(42-44-38(30)50)26(4)48-58(55,56)24-22-20-18-16-14-12-2/h25-26,43,47-48,51H,11-24H2,1-10H3/b30-28+. The number of aromatic nitrogens is 8. The number of carbonyl (C=O) groups is 1. The lowest BCUT2D eigenvalue weighted by atomic mass is 9.77. The summed E-state index contributed by atoms with van der Waals surface area (Å²) in [6, 6.07) is -1.52. The highest BCUT2D eigenvalue weighted by atomic mass is 32.2. The molecule has 0 aromatic carbocycles. The van der Waals surface area contributed by atoms with Gasteiger partial charge in [0, 0.05) is 10.8 Å². The van der Waals surface area contributed by atoms with E-state index in [0.717, 1.165) is 64.2 Å². The van der Waals surface area contributed by atoms with Crippen LogP contribution in [0.25, 0.3) is 22.4 Å². The Hall–Kier alpha value is -3.74. The quantitative estimate of drug-likeness (QED) is 0.0693. The minimum absolute atomic E-state index is 0.00346. The SMILES string of the molecule is CCCCCCCCS(=O)(=O)NC(C)c1n[nH]c2c(C3=C(O)/C(=c4/c(C(C)(C)C)nn5c(C(C)NS(=O)(=O)CCCCCCCC)nnc45)C3=O)c(C(C)(C)C)nn12. The number of aromatic amines is 1. The number of aliphatic hydroxyl groups excluding tert-OH is 1. The molecule has 0 fully saturated rings. The highest BCUT2D eigenvalue weighted by molar-refractivity contribution is 7.89. The molecule has 58 heavy (non-hydrogen) atoms. The van der Waals surface area contributed by atoms with Crippen LogP contribution in [0.1, 0.15) is 187 Å². The molecule has 4 heterocycles. The lowest BCUT2D eigenvalue weighted by Crippen LogP contribution is -2.32. The Bertz CT molecular complexity index is 2410. The number of Topliss-reactive ketones (excluding diaryl/α,β-unsaturated/α-hetero) is 1. The number of nitrogens with zero attached hydrogens (tertiary/aromatic N) is 7. The minimum Gasteiger partial charge on any atom is -0.506 e. The van der Waals surface area contributed by atoms with Crippen molar-refractivity contribution in [2.75, 3.05) is 11.5 Å². The molecule has 0 saturated carbocycles. The van der Waals surface area contributed by atoms with E-state index >= 15 is 0 Å². The molecule has 2 atom stereocenters. The van der Waals surface area contributed by atoms with Gasteiger partial charge in [-0.25, -0.2) is 26.3 Å². The van der Waals surface area contributed by atoms with Crippen molar-refractivity contribution >= 4 is 48.3 Å². The molecule has 5 rings (SSSR count). The Balaban J connectivity index is 1.50. The van der Waals surface area contributed by atoms with Gasteiger partial charge in [-0.1, -0.05) is 120 Å². The molecule has 4 aromatic rings. The summed E-state index contributed by atoms with van der Waals surface area (Å²) < 4.78 is 60.6. The van der Waals surface area contributed by atoms with Crippen LogP contribution >= 0.6 is 0 Å². The van der Waals surface area contributed by atoms with Crippen LogP contribution in [0.4, 0.5) is 0 Å². The topological polar surface area (TPSA) is 219 Å². The third-order valence-corrected chi connectivity index (χ3v) is 13.7. The van der Waals surface area contributed by atoms with Crippen LogP contribution in [0.5, 0.6) is 0 Å². The highest BCUT2D eigenvalue weighted by Crippen LogP contribution is 2.43. The number of rotatable bonds is 21. The number of ketones is 1. The van der Waals surface area contributed by atoms with Crippen molar-refractivity contribution in [3.05, 3.63) is 39.6 Å². The largest absolute Gasteiger partial charge is 0.506 e. The van der Waals surface area contributed by atoms with Crippen molar-refractivity contribution < 1.29 is 26.7 Å². The second kappa shape index (κ2) is 17.9. The van der Waals surface area contributed by atoms with Crippen molar-refractivity contribution in [3.63, 3.8) is 0 Å². The zero-order valence-corrected chi connectivity index (χ0v) is 37.6. The second-order valence-corrected chi connectivity index (χ2v) is 21.6. The van der Waals surface area contributed by atoms with Crippen LogP contribution < -0.4 is 14.7 Å². The Morgan fingerprint density at radius 1 is 0.672 bits per heavy atom. The molecule has 0 aliphatic heterocycles. The van der Waals surface area contributed by atoms with E-state index < -0.39 is 48.7 Å². The average molecular weight is 845 g/mol. The molecule has 322 valence electrons. The number of allylic oxidation sites excluding steroid dienone is 2. The first-order valence-electron chi connectivity index (χ1n) is 20.9. The fourth-order valence-corrected chi connectivity index (χ4v) is 10.2. The van der Waals surface area contributed by atoms with Gasteiger partial charge in [-0.3, -0.25) is 9.89 Å². The van der Waals surface area contributed by atoms with E-state index in [4.69, 9.17) is 10.2 Å². The van der Waals surface area contributed by atoms with Crippen molar-refractivity contribution in [2.24, 2.45) is 0 Å². The summed E-state index contributed by atoms with van der Waals surface area (Å²) in [6.45, 7) is 19.2. The minimum atomic E-state index is -3.63. The molecule has 0 amide bonds. The number of unbranched alkanes of at least 4 members (excludes halogenated alkanes) is 10. The Kier molecular flexibility index (Phi) is 14.0. The number of hydrogen-bond donors (Lipinski definition) is 4. The number of aliphatic hydroxyl groups is 1. The van der Waals surface area contributed by atoms with Gasteiger partial charge in [-0.15, -0.1) is 10.2 Å². The summed E-state index contributed by atoms with van der Waals surface area (Å²) in [5.74, 6) is -0.171. The Morgan fingerprint density at radius 3 is 1.66 bits per heavy atom. The summed E-state index contributed by atoms with van der Waals surface area (Å²) >= 11 is 0. The monoisotopic (exact) mass is 844 g/mol. The molecule has 0 radical (unpaired) electrons. The first kappa shape index (κ1) is 45.3. The van der Waals surface area contributed by atoms with E-state index in [-0.39, 0.29) is 39.9 Å². The van der Waals surface area contributed by atoms with Crippen LogP contribution in [0.2, 0.25) is 0 Å². The zero-order valence-electron chi connectivity index (χ0n) is 36.0. The van der Waals surface area contributed by atoms with Crippen LogP contribution in [0, 0.1) is 0 Å². The van der Waals surface area contributed by atoms with Gasteiger partial charge >= 0.3 is 0 Å². The van der Waals surface area contributed by atoms with Gasteiger partial charge in [0.05, 0.1) is 56.9 Å². The molecule has 0 bridgehead atoms. The number of hydrogen-bond acceptors (Lipinski definition) is 11. The van der Waals surface area contributed by atoms with Gasteiger partial charge in [-0.05, 0) is 26.7 Å². The van der Waals surface area contributed by atoms with Crippen LogP contribution in [-0.4, -0.2) is 78.9 Å². The molecule has 1 aliphatic rings. The third-order valence-electron chi connectivity index (χ3n) is 10.6. The fraction of sp³-hybridized carbons (Fsp3) is 0.700. The third kappa shape index (κ3) is 9.82. The Labute approximate surface area is 343 Å². The summed E-state index contributed by atoms with van der Waals surface area (Å²) in [4.78, 5) is 14.4. The molecule has 4 aromatic heterocycles. The number of nitrogens with one attached hydrogen (secondary N) is 3. The summed E-state index contributed by atoms with van der Waals surface area (Å²) in [5, 5.41) is 37.9. The van der Waals surface area contributed by atoms with Crippen molar-refractivity contribution in [3.8, 4) is 0 Å². The molecular formula is C40H64N10O6S2. The van der Waals surface area contributed by atoms with E-state index in [2.05, 4.69) is 43.7 Å². The maximum absolute atomic E-state index is 14.4. The summed E-state index contributed by atoms with van der Waals surface area (Å²) in [7, 11) is -7.25. The van der Waals surface area contributed by atoms with E-state index in [9.17, 15) is 26.7 Å². The van der Waals surface area contributed by atoms with Gasteiger partial charge in [0.25, 0.3) is 0 Å². The van der Waals surface area contributed by atoms with E-state index in [1.165, 1.54) is 9.03 Å². The number of fused-ring (bicyclic) bond motifs is 2. The van der Waals surface area contributed by atoms with Gasteiger partial charge in [0.1, 0.15) is 5.76 Å². The highest BCUT2D eigenvalue weighted by Gasteiger charge is 2.44. The normalized spacial score (nSPS) is 16.6. The van der Waals surface area contributed by atoms with Crippen molar-refractivity contribution in [1.82, 2.24) is 49.1 Å².